The van der Waals surface area contributed by atoms with Crippen LogP contribution in [0.15, 0.2) is 56.6 Å². The van der Waals surface area contributed by atoms with Gasteiger partial charge in [-0.05, 0) is 42.5 Å². The SMILES string of the molecule is COc1ccc(S(=O)(=O)N2CCN(CCc3nc4ccc(Br)cc4c(=O)n3C)CC2)cc1. The third-order valence-electron chi connectivity index (χ3n) is 5.81. The molecule has 0 amide bonds. The molecule has 3 aromatic rings. The molecule has 0 spiro atoms. The molecule has 1 fully saturated rings. The van der Waals surface area contributed by atoms with Gasteiger partial charge in [0.15, 0.2) is 0 Å². The Morgan fingerprint density at radius 1 is 1.06 bits per heavy atom. The van der Waals surface area contributed by atoms with Crippen molar-refractivity contribution in [2.24, 2.45) is 7.05 Å². The lowest BCUT2D eigenvalue weighted by molar-refractivity contribution is 0.189. The fraction of sp³-hybridized carbons (Fsp3) is 0.364. The van der Waals surface area contributed by atoms with Crippen molar-refractivity contribution in [2.45, 2.75) is 11.3 Å². The van der Waals surface area contributed by atoms with Gasteiger partial charge in [-0.3, -0.25) is 9.36 Å². The molecule has 0 aliphatic carbocycles. The predicted octanol–water partition coefficient (Wildman–Crippen LogP) is 2.25. The van der Waals surface area contributed by atoms with E-state index >= 15 is 0 Å². The Morgan fingerprint density at radius 2 is 1.75 bits per heavy atom. The third-order valence-corrected chi connectivity index (χ3v) is 8.22. The van der Waals surface area contributed by atoms with Gasteiger partial charge in [0.2, 0.25) is 10.0 Å². The van der Waals surface area contributed by atoms with Crippen LogP contribution in [0.25, 0.3) is 10.9 Å². The number of aromatic nitrogens is 2. The van der Waals surface area contributed by atoms with Gasteiger partial charge in [0.1, 0.15) is 11.6 Å². The number of sulfonamides is 1. The molecule has 2 heterocycles. The van der Waals surface area contributed by atoms with E-state index in [1.54, 1.807) is 49.1 Å². The minimum Gasteiger partial charge on any atom is -0.497 e. The Morgan fingerprint density at radius 3 is 2.41 bits per heavy atom. The third kappa shape index (κ3) is 4.59. The average molecular weight is 521 g/mol. The molecule has 4 rings (SSSR count). The summed E-state index contributed by atoms with van der Waals surface area (Å²) < 4.78 is 34.9. The fourth-order valence-electron chi connectivity index (χ4n) is 3.86. The highest BCUT2D eigenvalue weighted by Crippen LogP contribution is 2.21. The van der Waals surface area contributed by atoms with Crippen molar-refractivity contribution >= 4 is 36.9 Å². The van der Waals surface area contributed by atoms with Crippen LogP contribution in [0.3, 0.4) is 0 Å². The monoisotopic (exact) mass is 520 g/mol. The molecule has 0 unspecified atom stereocenters. The van der Waals surface area contributed by atoms with E-state index < -0.39 is 10.0 Å². The van der Waals surface area contributed by atoms with Gasteiger partial charge in [0, 0.05) is 50.7 Å². The van der Waals surface area contributed by atoms with Crippen molar-refractivity contribution in [1.82, 2.24) is 18.8 Å². The van der Waals surface area contributed by atoms with E-state index in [9.17, 15) is 13.2 Å². The number of rotatable bonds is 6. The largest absolute Gasteiger partial charge is 0.497 e. The van der Waals surface area contributed by atoms with Crippen LogP contribution in [0.5, 0.6) is 5.75 Å². The number of benzene rings is 2. The summed E-state index contributed by atoms with van der Waals surface area (Å²) >= 11 is 3.40. The second kappa shape index (κ2) is 9.30. The smallest absolute Gasteiger partial charge is 0.261 e. The number of hydrogen-bond donors (Lipinski definition) is 0. The van der Waals surface area contributed by atoms with E-state index in [2.05, 4.69) is 25.8 Å². The minimum atomic E-state index is -3.53. The maximum atomic E-state index is 12.9. The zero-order valence-corrected chi connectivity index (χ0v) is 20.4. The molecule has 0 atom stereocenters. The van der Waals surface area contributed by atoms with Crippen LogP contribution >= 0.6 is 15.9 Å². The van der Waals surface area contributed by atoms with Gasteiger partial charge >= 0.3 is 0 Å². The number of hydrogen-bond acceptors (Lipinski definition) is 6. The Hall–Kier alpha value is -2.27. The van der Waals surface area contributed by atoms with E-state index in [-0.39, 0.29) is 10.5 Å². The van der Waals surface area contributed by atoms with Gasteiger partial charge in [-0.2, -0.15) is 4.31 Å². The maximum absolute atomic E-state index is 12.9. The van der Waals surface area contributed by atoms with E-state index in [1.165, 1.54) is 4.31 Å². The van der Waals surface area contributed by atoms with Gasteiger partial charge in [0.05, 0.1) is 22.9 Å². The zero-order valence-electron chi connectivity index (χ0n) is 18.0. The molecule has 0 radical (unpaired) electrons. The number of nitrogens with zero attached hydrogens (tertiary/aromatic N) is 4. The average Bonchev–Trinajstić information content (AvgIpc) is 2.81. The molecular weight excluding hydrogens is 496 g/mol. The lowest BCUT2D eigenvalue weighted by Gasteiger charge is -2.34. The summed E-state index contributed by atoms with van der Waals surface area (Å²) in [6, 6.07) is 12.0. The van der Waals surface area contributed by atoms with Crippen molar-refractivity contribution in [3.05, 3.63) is 63.1 Å². The van der Waals surface area contributed by atoms with Crippen LogP contribution in [-0.2, 0) is 23.5 Å². The first-order valence-electron chi connectivity index (χ1n) is 10.3. The Balaban J connectivity index is 1.40. The van der Waals surface area contributed by atoms with E-state index in [4.69, 9.17) is 4.74 Å². The van der Waals surface area contributed by atoms with Crippen molar-refractivity contribution in [3.8, 4) is 5.75 Å². The van der Waals surface area contributed by atoms with Crippen molar-refractivity contribution in [3.63, 3.8) is 0 Å². The molecule has 1 saturated heterocycles. The lowest BCUT2D eigenvalue weighted by Crippen LogP contribution is -2.49. The van der Waals surface area contributed by atoms with Crippen LogP contribution in [0.2, 0.25) is 0 Å². The van der Waals surface area contributed by atoms with Gasteiger partial charge in [-0.1, -0.05) is 15.9 Å². The van der Waals surface area contributed by atoms with Crippen LogP contribution < -0.4 is 10.3 Å². The Kier molecular flexibility index (Phi) is 6.66. The highest BCUT2D eigenvalue weighted by Gasteiger charge is 2.28. The van der Waals surface area contributed by atoms with E-state index in [0.717, 1.165) is 10.3 Å². The van der Waals surface area contributed by atoms with Crippen molar-refractivity contribution < 1.29 is 13.2 Å². The number of piperazine rings is 1. The molecule has 32 heavy (non-hydrogen) atoms. The summed E-state index contributed by atoms with van der Waals surface area (Å²) in [7, 11) is -0.239. The fourth-order valence-corrected chi connectivity index (χ4v) is 5.64. The summed E-state index contributed by atoms with van der Waals surface area (Å²) in [5.74, 6) is 1.34. The summed E-state index contributed by atoms with van der Waals surface area (Å²) in [4.78, 5) is 19.8. The van der Waals surface area contributed by atoms with Crippen LogP contribution in [-0.4, -0.2) is 67.0 Å². The van der Waals surface area contributed by atoms with Gasteiger partial charge in [-0.15, -0.1) is 0 Å². The lowest BCUT2D eigenvalue weighted by atomic mass is 10.2. The molecule has 8 nitrogen and oxygen atoms in total. The van der Waals surface area contributed by atoms with Crippen molar-refractivity contribution in [2.75, 3.05) is 39.8 Å². The first-order chi connectivity index (χ1) is 15.3. The molecular formula is C22H25BrN4O4S. The molecule has 1 aliphatic heterocycles. The van der Waals surface area contributed by atoms with Gasteiger partial charge in [-0.25, -0.2) is 13.4 Å². The molecule has 1 aliphatic rings. The molecule has 1 aromatic heterocycles. The predicted molar refractivity (Wildman–Crippen MR) is 127 cm³/mol. The summed E-state index contributed by atoms with van der Waals surface area (Å²) in [5, 5.41) is 0.586. The second-order valence-corrected chi connectivity index (χ2v) is 10.6. The van der Waals surface area contributed by atoms with E-state index in [1.807, 2.05) is 12.1 Å². The number of ether oxygens (including phenoxy) is 1. The molecule has 170 valence electrons. The topological polar surface area (TPSA) is 84.7 Å². The Bertz CT molecular complexity index is 1280. The quantitative estimate of drug-likeness (QED) is 0.495. The minimum absolute atomic E-state index is 0.0679. The first kappa shape index (κ1) is 22.9. The second-order valence-electron chi connectivity index (χ2n) is 7.72. The van der Waals surface area contributed by atoms with Gasteiger partial charge < -0.3 is 9.64 Å². The van der Waals surface area contributed by atoms with Gasteiger partial charge in [0.25, 0.3) is 5.56 Å². The highest BCUT2D eigenvalue weighted by atomic mass is 79.9. The van der Waals surface area contributed by atoms with Crippen LogP contribution in [0, 0.1) is 0 Å². The zero-order chi connectivity index (χ0) is 22.9. The molecule has 2 aromatic carbocycles. The molecule has 0 N–H and O–H groups in total. The summed E-state index contributed by atoms with van der Waals surface area (Å²) in [6.45, 7) is 2.81. The highest BCUT2D eigenvalue weighted by molar-refractivity contribution is 9.10. The molecule has 0 bridgehead atoms. The van der Waals surface area contributed by atoms with Crippen molar-refractivity contribution in [1.29, 1.82) is 0 Å². The summed E-state index contributed by atoms with van der Waals surface area (Å²) in [6.07, 6.45) is 0.614. The Labute approximate surface area is 195 Å². The van der Waals surface area contributed by atoms with E-state index in [0.29, 0.717) is 55.8 Å². The maximum Gasteiger partial charge on any atom is 0.261 e. The normalized spacial score (nSPS) is 15.8. The molecule has 10 heteroatoms. The van der Waals surface area contributed by atoms with Crippen LogP contribution in [0.4, 0.5) is 0 Å². The number of methoxy groups -OCH3 is 1. The number of fused-ring (bicyclic) bond motifs is 1. The van der Waals surface area contributed by atoms with Crippen LogP contribution in [0.1, 0.15) is 5.82 Å². The number of halogens is 1. The molecule has 0 saturated carbocycles. The first-order valence-corrected chi connectivity index (χ1v) is 12.5. The standard InChI is InChI=1S/C22H25BrN4O4S/c1-25-21(24-20-8-3-16(23)15-19(20)22(25)28)9-10-26-11-13-27(14-12-26)32(29,30)18-6-4-17(31-2)5-7-18/h3-8,15H,9-14H2,1-2H3. The summed E-state index contributed by atoms with van der Waals surface area (Å²) in [5.41, 5.74) is 0.614.